The topological polar surface area (TPSA) is 47.6 Å². The molecule has 0 aromatic heterocycles. The van der Waals surface area contributed by atoms with E-state index in [1.807, 2.05) is 31.2 Å². The van der Waals surface area contributed by atoms with Gasteiger partial charge in [-0.1, -0.05) is 32.0 Å². The van der Waals surface area contributed by atoms with Gasteiger partial charge in [0.15, 0.2) is 0 Å². The van der Waals surface area contributed by atoms with Gasteiger partial charge >= 0.3 is 5.97 Å². The average Bonchev–Trinajstić information content (AvgIpc) is 2.44. The van der Waals surface area contributed by atoms with E-state index in [2.05, 4.69) is 19.2 Å². The predicted octanol–water partition coefficient (Wildman–Crippen LogP) is 2.76. The molecule has 0 fully saturated rings. The van der Waals surface area contributed by atoms with Crippen LogP contribution in [0.4, 0.5) is 0 Å². The number of esters is 1. The monoisotopic (exact) mass is 279 g/mol. The maximum absolute atomic E-state index is 11.8. The summed E-state index contributed by atoms with van der Waals surface area (Å²) in [5.74, 6) is 1.07. The summed E-state index contributed by atoms with van der Waals surface area (Å²) in [6, 6.07) is 7.57. The summed E-state index contributed by atoms with van der Waals surface area (Å²) in [7, 11) is 1.42. The van der Waals surface area contributed by atoms with Gasteiger partial charge in [0, 0.05) is 12.1 Å². The molecular formula is C16H25NO3. The lowest BCUT2D eigenvalue weighted by atomic mass is 10.0. The van der Waals surface area contributed by atoms with Crippen molar-refractivity contribution < 1.29 is 14.3 Å². The zero-order valence-electron chi connectivity index (χ0n) is 12.8. The number of para-hydroxylation sites is 1. The largest absolute Gasteiger partial charge is 0.494 e. The number of benzene rings is 1. The molecule has 0 bridgehead atoms. The fourth-order valence-electron chi connectivity index (χ4n) is 2.06. The van der Waals surface area contributed by atoms with Crippen molar-refractivity contribution >= 4 is 5.97 Å². The highest BCUT2D eigenvalue weighted by Crippen LogP contribution is 2.18. The molecule has 0 spiro atoms. The number of ether oxygens (including phenoxy) is 2. The standard InChI is InChI=1S/C16H25NO3/c1-5-20-15-9-7-6-8-13(15)11-17-14(10-12(2)3)16(18)19-4/h6-9,12,14,17H,5,10-11H2,1-4H3. The first-order chi connectivity index (χ1) is 9.58. The number of hydrogen-bond acceptors (Lipinski definition) is 4. The van der Waals surface area contributed by atoms with Crippen LogP contribution in [0.5, 0.6) is 5.75 Å². The van der Waals surface area contributed by atoms with Gasteiger partial charge in [0.2, 0.25) is 0 Å². The van der Waals surface area contributed by atoms with Crippen molar-refractivity contribution in [2.24, 2.45) is 5.92 Å². The van der Waals surface area contributed by atoms with E-state index in [-0.39, 0.29) is 12.0 Å². The molecule has 0 saturated heterocycles. The van der Waals surface area contributed by atoms with Crippen molar-refractivity contribution in [3.8, 4) is 5.75 Å². The fourth-order valence-corrected chi connectivity index (χ4v) is 2.06. The van der Waals surface area contributed by atoms with Crippen molar-refractivity contribution in [3.63, 3.8) is 0 Å². The van der Waals surface area contributed by atoms with Gasteiger partial charge in [0.05, 0.1) is 13.7 Å². The Morgan fingerprint density at radius 3 is 2.60 bits per heavy atom. The van der Waals surface area contributed by atoms with E-state index in [0.717, 1.165) is 17.7 Å². The lowest BCUT2D eigenvalue weighted by Gasteiger charge is -2.19. The molecule has 4 nitrogen and oxygen atoms in total. The molecule has 20 heavy (non-hydrogen) atoms. The van der Waals surface area contributed by atoms with Crippen LogP contribution in [-0.4, -0.2) is 25.7 Å². The summed E-state index contributed by atoms with van der Waals surface area (Å²) >= 11 is 0. The number of nitrogens with one attached hydrogen (secondary N) is 1. The Balaban J connectivity index is 2.69. The number of rotatable bonds is 8. The third-order valence-electron chi connectivity index (χ3n) is 3.00. The Morgan fingerprint density at radius 1 is 1.30 bits per heavy atom. The van der Waals surface area contributed by atoms with Gasteiger partial charge in [-0.3, -0.25) is 4.79 Å². The molecule has 0 amide bonds. The SMILES string of the molecule is CCOc1ccccc1CNC(CC(C)C)C(=O)OC. The van der Waals surface area contributed by atoms with Gasteiger partial charge in [-0.05, 0) is 25.3 Å². The minimum atomic E-state index is -0.283. The second-order valence-corrected chi connectivity index (χ2v) is 5.13. The number of carbonyl (C=O) groups is 1. The Bertz CT molecular complexity index is 418. The molecule has 0 aliphatic carbocycles. The summed E-state index contributed by atoms with van der Waals surface area (Å²) in [6.07, 6.45) is 0.753. The van der Waals surface area contributed by atoms with Gasteiger partial charge in [0.25, 0.3) is 0 Å². The first-order valence-electron chi connectivity index (χ1n) is 7.10. The van der Waals surface area contributed by atoms with Crippen molar-refractivity contribution in [1.29, 1.82) is 0 Å². The quantitative estimate of drug-likeness (QED) is 0.743. The van der Waals surface area contributed by atoms with Crippen LogP contribution in [0.1, 0.15) is 32.8 Å². The van der Waals surface area contributed by atoms with Crippen LogP contribution in [0.2, 0.25) is 0 Å². The number of hydrogen-bond donors (Lipinski definition) is 1. The second kappa shape index (κ2) is 8.59. The first-order valence-corrected chi connectivity index (χ1v) is 7.10. The van der Waals surface area contributed by atoms with Crippen LogP contribution in [0.3, 0.4) is 0 Å². The molecule has 112 valence electrons. The molecule has 1 aromatic rings. The minimum absolute atomic E-state index is 0.215. The van der Waals surface area contributed by atoms with E-state index in [0.29, 0.717) is 19.1 Å². The molecule has 1 rings (SSSR count). The van der Waals surface area contributed by atoms with Crippen LogP contribution < -0.4 is 10.1 Å². The summed E-state index contributed by atoms with van der Waals surface area (Å²) in [6.45, 7) is 7.35. The van der Waals surface area contributed by atoms with Gasteiger partial charge in [-0.15, -0.1) is 0 Å². The Morgan fingerprint density at radius 2 is 2.00 bits per heavy atom. The van der Waals surface area contributed by atoms with Crippen LogP contribution in [-0.2, 0) is 16.1 Å². The Kier molecular flexibility index (Phi) is 7.09. The highest BCUT2D eigenvalue weighted by molar-refractivity contribution is 5.75. The molecule has 1 unspecified atom stereocenters. The first kappa shape index (κ1) is 16.5. The van der Waals surface area contributed by atoms with Gasteiger partial charge in [-0.25, -0.2) is 0 Å². The zero-order chi connectivity index (χ0) is 15.0. The molecule has 1 N–H and O–H groups in total. The average molecular weight is 279 g/mol. The molecule has 0 aliphatic heterocycles. The maximum atomic E-state index is 11.8. The van der Waals surface area contributed by atoms with Crippen LogP contribution >= 0.6 is 0 Å². The van der Waals surface area contributed by atoms with Crippen LogP contribution in [0, 0.1) is 5.92 Å². The lowest BCUT2D eigenvalue weighted by Crippen LogP contribution is -2.38. The van der Waals surface area contributed by atoms with Crippen LogP contribution in [0.25, 0.3) is 0 Å². The molecule has 0 aliphatic rings. The Hall–Kier alpha value is -1.55. The van der Waals surface area contributed by atoms with E-state index in [4.69, 9.17) is 9.47 Å². The molecule has 1 atom stereocenters. The second-order valence-electron chi connectivity index (χ2n) is 5.13. The normalized spacial score (nSPS) is 12.2. The smallest absolute Gasteiger partial charge is 0.322 e. The molecular weight excluding hydrogens is 254 g/mol. The van der Waals surface area contributed by atoms with E-state index < -0.39 is 0 Å². The van der Waals surface area contributed by atoms with Gasteiger partial charge in [0.1, 0.15) is 11.8 Å². The highest BCUT2D eigenvalue weighted by atomic mass is 16.5. The van der Waals surface area contributed by atoms with Crippen LogP contribution in [0.15, 0.2) is 24.3 Å². The molecule has 4 heteroatoms. The summed E-state index contributed by atoms with van der Waals surface area (Å²) < 4.78 is 10.4. The minimum Gasteiger partial charge on any atom is -0.494 e. The van der Waals surface area contributed by atoms with Gasteiger partial charge < -0.3 is 14.8 Å². The molecule has 1 aromatic carbocycles. The summed E-state index contributed by atoms with van der Waals surface area (Å²) in [5.41, 5.74) is 1.05. The molecule has 0 radical (unpaired) electrons. The summed E-state index contributed by atoms with van der Waals surface area (Å²) in [5, 5.41) is 3.26. The van der Waals surface area contributed by atoms with E-state index in [9.17, 15) is 4.79 Å². The number of carbonyl (C=O) groups excluding carboxylic acids is 1. The summed E-state index contributed by atoms with van der Waals surface area (Å²) in [4.78, 5) is 11.8. The van der Waals surface area contributed by atoms with Crippen molar-refractivity contribution in [1.82, 2.24) is 5.32 Å². The predicted molar refractivity (Wildman–Crippen MR) is 79.7 cm³/mol. The fraction of sp³-hybridized carbons (Fsp3) is 0.562. The molecule has 0 heterocycles. The Labute approximate surface area is 121 Å². The van der Waals surface area contributed by atoms with Gasteiger partial charge in [-0.2, -0.15) is 0 Å². The highest BCUT2D eigenvalue weighted by Gasteiger charge is 2.20. The van der Waals surface area contributed by atoms with Crippen molar-refractivity contribution in [2.45, 2.75) is 39.8 Å². The number of methoxy groups -OCH3 is 1. The third kappa shape index (κ3) is 5.21. The van der Waals surface area contributed by atoms with Crippen molar-refractivity contribution in [3.05, 3.63) is 29.8 Å². The third-order valence-corrected chi connectivity index (χ3v) is 3.00. The lowest BCUT2D eigenvalue weighted by molar-refractivity contribution is -0.143. The van der Waals surface area contributed by atoms with E-state index >= 15 is 0 Å². The van der Waals surface area contributed by atoms with Crippen molar-refractivity contribution in [2.75, 3.05) is 13.7 Å². The van der Waals surface area contributed by atoms with E-state index in [1.165, 1.54) is 7.11 Å². The maximum Gasteiger partial charge on any atom is 0.322 e. The zero-order valence-corrected chi connectivity index (χ0v) is 12.8. The van der Waals surface area contributed by atoms with E-state index in [1.54, 1.807) is 0 Å². The molecule has 0 saturated carbocycles.